The second kappa shape index (κ2) is 9.24. The number of nitrogens with zero attached hydrogens (tertiary/aromatic N) is 3. The second-order valence-corrected chi connectivity index (χ2v) is 8.12. The minimum atomic E-state index is -0.345. The van der Waals surface area contributed by atoms with E-state index in [4.69, 9.17) is 4.98 Å². The van der Waals surface area contributed by atoms with Crippen LogP contribution in [0, 0.1) is 20.8 Å². The van der Waals surface area contributed by atoms with Crippen LogP contribution in [-0.2, 0) is 11.3 Å². The van der Waals surface area contributed by atoms with Crippen molar-refractivity contribution in [3.63, 3.8) is 0 Å². The Hall–Kier alpha value is -4.00. The summed E-state index contributed by atoms with van der Waals surface area (Å²) in [6, 6.07) is 15.5. The summed E-state index contributed by atoms with van der Waals surface area (Å²) in [6.45, 7) is 8.40. The van der Waals surface area contributed by atoms with Crippen molar-refractivity contribution in [3.8, 4) is 11.3 Å². The third-order valence-corrected chi connectivity index (χ3v) is 5.57. The molecule has 2 aromatic heterocycles. The second-order valence-electron chi connectivity index (χ2n) is 8.12. The molecule has 0 aliphatic heterocycles. The average molecular weight is 442 g/mol. The molecule has 2 aromatic carbocycles. The Bertz CT molecular complexity index is 1320. The van der Waals surface area contributed by atoms with Crippen LogP contribution in [-0.4, -0.2) is 33.1 Å². The Morgan fingerprint density at radius 2 is 1.70 bits per heavy atom. The first-order valence-corrected chi connectivity index (χ1v) is 10.9. The van der Waals surface area contributed by atoms with Gasteiger partial charge in [0.15, 0.2) is 5.65 Å². The SMILES string of the molecule is CCn1ncc2c(C(=O)NCC(=O)Nc3c(C)cc(C)cc3C)cc(-c3ccccc3)nc21. The molecule has 0 fully saturated rings. The van der Waals surface area contributed by atoms with Crippen molar-refractivity contribution in [1.29, 1.82) is 0 Å². The molecule has 2 N–H and O–H groups in total. The summed E-state index contributed by atoms with van der Waals surface area (Å²) >= 11 is 0. The van der Waals surface area contributed by atoms with E-state index in [1.807, 2.05) is 70.2 Å². The fourth-order valence-electron chi connectivity index (χ4n) is 4.04. The van der Waals surface area contributed by atoms with E-state index in [0.717, 1.165) is 27.9 Å². The third kappa shape index (κ3) is 4.62. The quantitative estimate of drug-likeness (QED) is 0.464. The van der Waals surface area contributed by atoms with Crippen molar-refractivity contribution in [3.05, 3.63) is 77.0 Å². The van der Waals surface area contributed by atoms with Gasteiger partial charge in [0.2, 0.25) is 5.91 Å². The molecule has 0 spiro atoms. The lowest BCUT2D eigenvalue weighted by atomic mass is 10.1. The van der Waals surface area contributed by atoms with E-state index in [2.05, 4.69) is 15.7 Å². The van der Waals surface area contributed by atoms with Crippen molar-refractivity contribution < 1.29 is 9.59 Å². The number of nitrogens with one attached hydrogen (secondary N) is 2. The topological polar surface area (TPSA) is 88.9 Å². The molecule has 0 atom stereocenters. The molecule has 4 aromatic rings. The minimum absolute atomic E-state index is 0.141. The van der Waals surface area contributed by atoms with Crippen LogP contribution in [0.5, 0.6) is 0 Å². The summed E-state index contributed by atoms with van der Waals surface area (Å²) in [7, 11) is 0. The maximum atomic E-state index is 13.1. The van der Waals surface area contributed by atoms with Crippen LogP contribution in [0.25, 0.3) is 22.3 Å². The average Bonchev–Trinajstić information content (AvgIpc) is 3.23. The predicted octanol–water partition coefficient (Wildman–Crippen LogP) is 4.41. The highest BCUT2D eigenvalue weighted by Gasteiger charge is 2.18. The van der Waals surface area contributed by atoms with Crippen molar-refractivity contribution in [1.82, 2.24) is 20.1 Å². The van der Waals surface area contributed by atoms with Gasteiger partial charge < -0.3 is 10.6 Å². The van der Waals surface area contributed by atoms with E-state index in [1.165, 1.54) is 0 Å². The summed E-state index contributed by atoms with van der Waals surface area (Å²) in [4.78, 5) is 30.4. The largest absolute Gasteiger partial charge is 0.343 e. The van der Waals surface area contributed by atoms with Crippen LogP contribution in [0.2, 0.25) is 0 Å². The number of carbonyl (C=O) groups excluding carboxylic acids is 2. The number of anilines is 1. The maximum absolute atomic E-state index is 13.1. The Morgan fingerprint density at radius 1 is 1.00 bits per heavy atom. The first-order chi connectivity index (χ1) is 15.9. The molecule has 0 bridgehead atoms. The maximum Gasteiger partial charge on any atom is 0.252 e. The van der Waals surface area contributed by atoms with Gasteiger partial charge in [-0.3, -0.25) is 9.59 Å². The molecule has 0 aliphatic carbocycles. The Labute approximate surface area is 192 Å². The summed E-state index contributed by atoms with van der Waals surface area (Å²) < 4.78 is 1.76. The van der Waals surface area contributed by atoms with Gasteiger partial charge in [0.25, 0.3) is 5.91 Å². The van der Waals surface area contributed by atoms with Crippen molar-refractivity contribution in [2.24, 2.45) is 0 Å². The molecule has 0 unspecified atom stereocenters. The zero-order chi connectivity index (χ0) is 23.5. The fourth-order valence-corrected chi connectivity index (χ4v) is 4.04. The number of carbonyl (C=O) groups is 2. The van der Waals surface area contributed by atoms with Crippen molar-refractivity contribution in [2.75, 3.05) is 11.9 Å². The number of aryl methyl sites for hydroxylation is 4. The highest BCUT2D eigenvalue weighted by molar-refractivity contribution is 6.08. The van der Waals surface area contributed by atoms with Crippen LogP contribution in [0.1, 0.15) is 34.0 Å². The number of rotatable bonds is 6. The Kier molecular flexibility index (Phi) is 6.22. The molecule has 0 aliphatic rings. The van der Waals surface area contributed by atoms with Crippen LogP contribution < -0.4 is 10.6 Å². The number of pyridine rings is 1. The number of fused-ring (bicyclic) bond motifs is 1. The first-order valence-electron chi connectivity index (χ1n) is 10.9. The number of hydrogen-bond donors (Lipinski definition) is 2. The Morgan fingerprint density at radius 3 is 2.36 bits per heavy atom. The van der Waals surface area contributed by atoms with Gasteiger partial charge in [0.05, 0.1) is 29.4 Å². The molecule has 7 nitrogen and oxygen atoms in total. The molecular formula is C26H27N5O2. The fraction of sp³-hybridized carbons (Fsp3) is 0.231. The van der Waals surface area contributed by atoms with Crippen molar-refractivity contribution >= 4 is 28.5 Å². The number of benzene rings is 2. The van der Waals surface area contributed by atoms with E-state index in [-0.39, 0.29) is 18.4 Å². The van der Waals surface area contributed by atoms with Gasteiger partial charge in [-0.25, -0.2) is 9.67 Å². The highest BCUT2D eigenvalue weighted by Crippen LogP contribution is 2.25. The van der Waals surface area contributed by atoms with Crippen LogP contribution in [0.3, 0.4) is 0 Å². The lowest BCUT2D eigenvalue weighted by Crippen LogP contribution is -2.33. The normalized spacial score (nSPS) is 10.9. The highest BCUT2D eigenvalue weighted by atomic mass is 16.2. The van der Waals surface area contributed by atoms with Crippen LogP contribution in [0.15, 0.2) is 54.7 Å². The summed E-state index contributed by atoms with van der Waals surface area (Å²) in [5, 5.41) is 10.7. The molecule has 0 radical (unpaired) electrons. The van der Waals surface area contributed by atoms with E-state index in [9.17, 15) is 9.59 Å². The van der Waals surface area contributed by atoms with E-state index < -0.39 is 0 Å². The third-order valence-electron chi connectivity index (χ3n) is 5.57. The molecule has 7 heteroatoms. The molecular weight excluding hydrogens is 414 g/mol. The molecule has 168 valence electrons. The van der Waals surface area contributed by atoms with Gasteiger partial charge in [-0.15, -0.1) is 0 Å². The molecule has 4 rings (SSSR count). The lowest BCUT2D eigenvalue weighted by molar-refractivity contribution is -0.115. The van der Waals surface area contributed by atoms with Crippen molar-refractivity contribution in [2.45, 2.75) is 34.2 Å². The van der Waals surface area contributed by atoms with Crippen LogP contribution in [0.4, 0.5) is 5.69 Å². The molecule has 0 saturated heterocycles. The number of aromatic nitrogens is 3. The lowest BCUT2D eigenvalue weighted by Gasteiger charge is -2.13. The van der Waals surface area contributed by atoms with E-state index in [1.54, 1.807) is 16.9 Å². The summed E-state index contributed by atoms with van der Waals surface area (Å²) in [5.74, 6) is -0.626. The molecule has 2 heterocycles. The van der Waals surface area contributed by atoms with E-state index in [0.29, 0.717) is 28.8 Å². The van der Waals surface area contributed by atoms with Gasteiger partial charge in [0.1, 0.15) is 0 Å². The summed E-state index contributed by atoms with van der Waals surface area (Å²) in [6.07, 6.45) is 1.65. The smallest absolute Gasteiger partial charge is 0.252 e. The number of hydrogen-bond acceptors (Lipinski definition) is 4. The minimum Gasteiger partial charge on any atom is -0.343 e. The monoisotopic (exact) mass is 441 g/mol. The van der Waals surface area contributed by atoms with Gasteiger partial charge in [-0.1, -0.05) is 48.0 Å². The standard InChI is InChI=1S/C26H27N5O2/c1-5-31-25-21(14-28-31)20(13-22(29-25)19-9-7-6-8-10-19)26(33)27-15-23(32)30-24-17(3)11-16(2)12-18(24)4/h6-14H,5,15H2,1-4H3,(H,27,33)(H,30,32). The van der Waals surface area contributed by atoms with E-state index >= 15 is 0 Å². The zero-order valence-electron chi connectivity index (χ0n) is 19.3. The van der Waals surface area contributed by atoms with Gasteiger partial charge >= 0.3 is 0 Å². The van der Waals surface area contributed by atoms with Crippen LogP contribution >= 0.6 is 0 Å². The van der Waals surface area contributed by atoms with Gasteiger partial charge in [-0.2, -0.15) is 5.10 Å². The molecule has 33 heavy (non-hydrogen) atoms. The summed E-state index contributed by atoms with van der Waals surface area (Å²) in [5.41, 5.74) is 6.55. The van der Waals surface area contributed by atoms with Gasteiger partial charge in [-0.05, 0) is 44.9 Å². The number of amides is 2. The first kappa shape index (κ1) is 22.2. The molecule has 2 amide bonds. The predicted molar refractivity (Wildman–Crippen MR) is 130 cm³/mol. The zero-order valence-corrected chi connectivity index (χ0v) is 19.3. The Balaban J connectivity index is 1.58. The van der Waals surface area contributed by atoms with Gasteiger partial charge in [0, 0.05) is 17.8 Å². The molecule has 0 saturated carbocycles.